The molecule has 1 saturated heterocycles. The number of rotatable bonds is 3. The molecular weight excluding hydrogens is 194 g/mol. The standard InChI is InChI=1S/C7H15NO4S/c1-8-13(9,10)7-3-4-12-5-6(7)11-2/h6-8H,3-5H2,1-2H3. The maximum atomic E-state index is 11.5. The second-order valence-corrected chi connectivity index (χ2v) is 5.03. The van der Waals surface area contributed by atoms with Crippen LogP contribution in [0.3, 0.4) is 0 Å². The highest BCUT2D eigenvalue weighted by atomic mass is 32.2. The van der Waals surface area contributed by atoms with Gasteiger partial charge in [-0.05, 0) is 13.5 Å². The molecule has 1 heterocycles. The SMILES string of the molecule is CNS(=O)(=O)C1CCOCC1OC. The summed E-state index contributed by atoms with van der Waals surface area (Å²) in [6.07, 6.45) is 0.132. The highest BCUT2D eigenvalue weighted by Gasteiger charge is 2.35. The van der Waals surface area contributed by atoms with Gasteiger partial charge in [-0.25, -0.2) is 13.1 Å². The van der Waals surface area contributed by atoms with Crippen molar-refractivity contribution in [3.05, 3.63) is 0 Å². The van der Waals surface area contributed by atoms with Crippen LogP contribution < -0.4 is 4.72 Å². The van der Waals surface area contributed by atoms with E-state index in [1.54, 1.807) is 0 Å². The Morgan fingerprint density at radius 3 is 2.77 bits per heavy atom. The van der Waals surface area contributed by atoms with Gasteiger partial charge in [0.05, 0.1) is 12.7 Å². The molecule has 78 valence electrons. The van der Waals surface area contributed by atoms with E-state index in [1.807, 2.05) is 0 Å². The molecule has 1 aliphatic heterocycles. The molecule has 1 aliphatic rings. The Morgan fingerprint density at radius 1 is 1.54 bits per heavy atom. The summed E-state index contributed by atoms with van der Waals surface area (Å²) in [7, 11) is -0.326. The highest BCUT2D eigenvalue weighted by Crippen LogP contribution is 2.17. The number of ether oxygens (including phenoxy) is 2. The minimum absolute atomic E-state index is 0.349. The lowest BCUT2D eigenvalue weighted by Gasteiger charge is -2.29. The van der Waals surface area contributed by atoms with Gasteiger partial charge in [0.25, 0.3) is 0 Å². The van der Waals surface area contributed by atoms with Gasteiger partial charge in [-0.2, -0.15) is 0 Å². The lowest BCUT2D eigenvalue weighted by molar-refractivity contribution is -0.0265. The lowest BCUT2D eigenvalue weighted by atomic mass is 10.2. The monoisotopic (exact) mass is 209 g/mol. The number of hydrogen-bond acceptors (Lipinski definition) is 4. The first-order valence-electron chi connectivity index (χ1n) is 4.14. The Hall–Kier alpha value is -0.170. The van der Waals surface area contributed by atoms with Crippen molar-refractivity contribution < 1.29 is 17.9 Å². The van der Waals surface area contributed by atoms with Crippen molar-refractivity contribution in [3.8, 4) is 0 Å². The van der Waals surface area contributed by atoms with Crippen LogP contribution >= 0.6 is 0 Å². The molecule has 0 aromatic carbocycles. The zero-order chi connectivity index (χ0) is 9.90. The fourth-order valence-electron chi connectivity index (χ4n) is 1.42. The lowest BCUT2D eigenvalue weighted by Crippen LogP contribution is -2.47. The highest BCUT2D eigenvalue weighted by molar-refractivity contribution is 7.90. The summed E-state index contributed by atoms with van der Waals surface area (Å²) in [5.41, 5.74) is 0. The van der Waals surface area contributed by atoms with Crippen LogP contribution in [0.2, 0.25) is 0 Å². The Balaban J connectivity index is 2.75. The van der Waals surface area contributed by atoms with Crippen LogP contribution in [0.15, 0.2) is 0 Å². The largest absolute Gasteiger partial charge is 0.379 e. The molecule has 1 rings (SSSR count). The summed E-state index contributed by atoms with van der Waals surface area (Å²) in [6, 6.07) is 0. The second kappa shape index (κ2) is 4.36. The van der Waals surface area contributed by atoms with Gasteiger partial charge >= 0.3 is 0 Å². The molecule has 0 aromatic rings. The Morgan fingerprint density at radius 2 is 2.23 bits per heavy atom. The first-order chi connectivity index (χ1) is 6.11. The van der Waals surface area contributed by atoms with Crippen LogP contribution in [0.25, 0.3) is 0 Å². The van der Waals surface area contributed by atoms with Crippen molar-refractivity contribution in [2.45, 2.75) is 17.8 Å². The number of methoxy groups -OCH3 is 1. The Labute approximate surface area is 78.5 Å². The third-order valence-corrected chi connectivity index (χ3v) is 4.13. The minimum atomic E-state index is -3.24. The fraction of sp³-hybridized carbons (Fsp3) is 1.00. The van der Waals surface area contributed by atoms with E-state index in [0.717, 1.165) is 0 Å². The van der Waals surface area contributed by atoms with E-state index in [2.05, 4.69) is 4.72 Å². The quantitative estimate of drug-likeness (QED) is 0.670. The summed E-state index contributed by atoms with van der Waals surface area (Å²) in [6.45, 7) is 0.827. The maximum absolute atomic E-state index is 11.5. The van der Waals surface area contributed by atoms with Crippen molar-refractivity contribution in [1.29, 1.82) is 0 Å². The van der Waals surface area contributed by atoms with Gasteiger partial charge in [-0.15, -0.1) is 0 Å². The molecule has 0 saturated carbocycles. The summed E-state index contributed by atoms with van der Waals surface area (Å²) in [5.74, 6) is 0. The van der Waals surface area contributed by atoms with Crippen molar-refractivity contribution in [2.24, 2.45) is 0 Å². The van der Waals surface area contributed by atoms with Gasteiger partial charge in [0, 0.05) is 13.7 Å². The second-order valence-electron chi connectivity index (χ2n) is 2.93. The van der Waals surface area contributed by atoms with Gasteiger partial charge in [0.1, 0.15) is 5.25 Å². The average molecular weight is 209 g/mol. The molecule has 1 N–H and O–H groups in total. The third kappa shape index (κ3) is 2.40. The number of nitrogens with one attached hydrogen (secondary N) is 1. The van der Waals surface area contributed by atoms with Crippen molar-refractivity contribution in [3.63, 3.8) is 0 Å². The fourth-order valence-corrected chi connectivity index (χ4v) is 2.72. The van der Waals surface area contributed by atoms with Crippen molar-refractivity contribution >= 4 is 10.0 Å². The zero-order valence-corrected chi connectivity index (χ0v) is 8.63. The minimum Gasteiger partial charge on any atom is -0.379 e. The van der Waals surface area contributed by atoms with Crippen LogP contribution in [0.1, 0.15) is 6.42 Å². The summed E-state index contributed by atoms with van der Waals surface area (Å²) in [4.78, 5) is 0. The summed E-state index contributed by atoms with van der Waals surface area (Å²) >= 11 is 0. The Bertz CT molecular complexity index is 251. The number of sulfonamides is 1. The molecule has 0 aliphatic carbocycles. The molecule has 13 heavy (non-hydrogen) atoms. The van der Waals surface area contributed by atoms with Gasteiger partial charge in [0.15, 0.2) is 0 Å². The molecule has 0 bridgehead atoms. The van der Waals surface area contributed by atoms with Crippen molar-refractivity contribution in [2.75, 3.05) is 27.4 Å². The third-order valence-electron chi connectivity index (χ3n) is 2.23. The van der Waals surface area contributed by atoms with Crippen molar-refractivity contribution in [1.82, 2.24) is 4.72 Å². The summed E-state index contributed by atoms with van der Waals surface area (Å²) in [5, 5.41) is -0.490. The van der Waals surface area contributed by atoms with E-state index < -0.39 is 15.3 Å². The molecular formula is C7H15NO4S. The van der Waals surface area contributed by atoms with Gasteiger partial charge < -0.3 is 9.47 Å². The van der Waals surface area contributed by atoms with Crippen LogP contribution in [-0.4, -0.2) is 47.1 Å². The zero-order valence-electron chi connectivity index (χ0n) is 7.82. The molecule has 0 spiro atoms. The van der Waals surface area contributed by atoms with Gasteiger partial charge in [-0.1, -0.05) is 0 Å². The predicted molar refractivity (Wildman–Crippen MR) is 48.0 cm³/mol. The van der Waals surface area contributed by atoms with Gasteiger partial charge in [-0.3, -0.25) is 0 Å². The van der Waals surface area contributed by atoms with E-state index in [1.165, 1.54) is 14.2 Å². The normalized spacial score (nSPS) is 30.3. The molecule has 0 radical (unpaired) electrons. The average Bonchev–Trinajstić information content (AvgIpc) is 2.18. The molecule has 1 fully saturated rings. The van der Waals surface area contributed by atoms with Crippen LogP contribution in [-0.2, 0) is 19.5 Å². The van der Waals surface area contributed by atoms with E-state index in [9.17, 15) is 8.42 Å². The van der Waals surface area contributed by atoms with E-state index in [4.69, 9.17) is 9.47 Å². The van der Waals surface area contributed by atoms with Gasteiger partial charge in [0.2, 0.25) is 10.0 Å². The van der Waals surface area contributed by atoms with E-state index in [-0.39, 0.29) is 6.10 Å². The molecule has 2 atom stereocenters. The number of hydrogen-bond donors (Lipinski definition) is 1. The van der Waals surface area contributed by atoms with Crippen LogP contribution in [0.5, 0.6) is 0 Å². The maximum Gasteiger partial charge on any atom is 0.216 e. The van der Waals surface area contributed by atoms with E-state index in [0.29, 0.717) is 19.6 Å². The molecule has 0 amide bonds. The first-order valence-corrected chi connectivity index (χ1v) is 5.69. The first kappa shape index (κ1) is 10.9. The predicted octanol–water partition coefficient (Wildman–Crippen LogP) is -0.660. The summed E-state index contributed by atoms with van der Waals surface area (Å²) < 4.78 is 35.4. The molecule has 2 unspecified atom stereocenters. The van der Waals surface area contributed by atoms with Crippen LogP contribution in [0.4, 0.5) is 0 Å². The molecule has 6 heteroatoms. The van der Waals surface area contributed by atoms with Crippen LogP contribution in [0, 0.1) is 0 Å². The molecule has 5 nitrogen and oxygen atoms in total. The molecule has 0 aromatic heterocycles. The van der Waals surface area contributed by atoms with E-state index >= 15 is 0 Å². The smallest absolute Gasteiger partial charge is 0.216 e. The Kier molecular flexibility index (Phi) is 3.66. The topological polar surface area (TPSA) is 64.6 Å².